The van der Waals surface area contributed by atoms with E-state index in [1.807, 2.05) is 0 Å². The van der Waals surface area contributed by atoms with E-state index in [0.717, 1.165) is 12.1 Å². The average molecular weight is 244 g/mol. The van der Waals surface area contributed by atoms with E-state index in [0.29, 0.717) is 24.0 Å². The van der Waals surface area contributed by atoms with Gasteiger partial charge in [-0.3, -0.25) is 0 Å². The molecule has 15 heavy (non-hydrogen) atoms. The van der Waals surface area contributed by atoms with Crippen molar-refractivity contribution in [3.8, 4) is 0 Å². The molecule has 0 amide bonds. The number of hydrogen-bond donors (Lipinski definition) is 0. The lowest BCUT2D eigenvalue weighted by molar-refractivity contribution is 0.100. The van der Waals surface area contributed by atoms with Gasteiger partial charge in [-0.2, -0.15) is 0 Å². The van der Waals surface area contributed by atoms with Crippen molar-refractivity contribution in [3.05, 3.63) is 16.1 Å². The summed E-state index contributed by atoms with van der Waals surface area (Å²) in [6.07, 6.45) is 5.50. The molecule has 0 aliphatic carbocycles. The van der Waals surface area contributed by atoms with E-state index >= 15 is 0 Å². The molecule has 3 rings (SSSR count). The predicted molar refractivity (Wildman–Crippen MR) is 61.8 cm³/mol. The quantitative estimate of drug-likeness (QED) is 0.762. The highest BCUT2D eigenvalue weighted by Gasteiger charge is 2.42. The minimum Gasteiger partial charge on any atom is -0.374 e. The minimum absolute atomic E-state index is 0.449. The van der Waals surface area contributed by atoms with Crippen molar-refractivity contribution < 1.29 is 4.74 Å². The average Bonchev–Trinajstić information content (AvgIpc) is 2.91. The fourth-order valence-electron chi connectivity index (χ4n) is 2.60. The first-order valence-corrected chi connectivity index (χ1v) is 6.94. The second-order valence-electron chi connectivity index (χ2n) is 4.33. The lowest BCUT2D eigenvalue weighted by atomic mass is 9.90. The van der Waals surface area contributed by atoms with Crippen molar-refractivity contribution in [3.63, 3.8) is 0 Å². The number of thiazole rings is 1. The van der Waals surface area contributed by atoms with Crippen LogP contribution in [0.5, 0.6) is 0 Å². The number of alkyl halides is 1. The Balaban J connectivity index is 1.75. The molecule has 3 unspecified atom stereocenters. The van der Waals surface area contributed by atoms with Crippen molar-refractivity contribution in [2.24, 2.45) is 0 Å². The van der Waals surface area contributed by atoms with E-state index in [1.165, 1.54) is 24.3 Å². The largest absolute Gasteiger partial charge is 0.374 e. The van der Waals surface area contributed by atoms with Gasteiger partial charge in [-0.05, 0) is 19.3 Å². The van der Waals surface area contributed by atoms with Crippen LogP contribution in [0, 0.1) is 0 Å². The van der Waals surface area contributed by atoms with E-state index in [2.05, 4.69) is 10.4 Å². The number of hydrogen-bond acceptors (Lipinski definition) is 3. The summed E-state index contributed by atoms with van der Waals surface area (Å²) in [5.41, 5.74) is 1.15. The summed E-state index contributed by atoms with van der Waals surface area (Å²) in [7, 11) is 0. The molecule has 0 spiro atoms. The smallest absolute Gasteiger partial charge is 0.0986 e. The highest BCUT2D eigenvalue weighted by atomic mass is 35.5. The van der Waals surface area contributed by atoms with Crippen molar-refractivity contribution in [1.82, 2.24) is 4.98 Å². The summed E-state index contributed by atoms with van der Waals surface area (Å²) in [4.78, 5) is 4.65. The zero-order chi connectivity index (χ0) is 10.3. The Bertz CT molecular complexity index is 354. The molecule has 82 valence electrons. The minimum atomic E-state index is 0.449. The molecular weight excluding hydrogens is 230 g/mol. The van der Waals surface area contributed by atoms with Gasteiger partial charge in [-0.1, -0.05) is 0 Å². The van der Waals surface area contributed by atoms with Crippen LogP contribution in [0.25, 0.3) is 0 Å². The lowest BCUT2D eigenvalue weighted by Gasteiger charge is -2.15. The summed E-state index contributed by atoms with van der Waals surface area (Å²) in [5.74, 6) is 1.23. The van der Waals surface area contributed by atoms with Gasteiger partial charge in [0, 0.05) is 23.6 Å². The van der Waals surface area contributed by atoms with Crippen molar-refractivity contribution in [1.29, 1.82) is 0 Å². The number of rotatable bonds is 3. The molecule has 2 aliphatic rings. The van der Waals surface area contributed by atoms with Gasteiger partial charge in [0.25, 0.3) is 0 Å². The molecule has 0 saturated carbocycles. The molecule has 3 atom stereocenters. The SMILES string of the molecule is ClCCc1csc(C2CC3CCC2O3)n1. The van der Waals surface area contributed by atoms with Crippen LogP contribution in [-0.4, -0.2) is 23.1 Å². The van der Waals surface area contributed by atoms with Crippen LogP contribution in [-0.2, 0) is 11.2 Å². The van der Waals surface area contributed by atoms with Gasteiger partial charge in [0.1, 0.15) is 0 Å². The van der Waals surface area contributed by atoms with Crippen LogP contribution in [0.1, 0.15) is 35.9 Å². The van der Waals surface area contributed by atoms with Crippen LogP contribution in [0.2, 0.25) is 0 Å². The first-order chi connectivity index (χ1) is 7.36. The molecule has 3 heterocycles. The molecule has 2 bridgehead atoms. The van der Waals surface area contributed by atoms with E-state index in [1.54, 1.807) is 11.3 Å². The predicted octanol–water partition coefficient (Wildman–Crippen LogP) is 2.96. The van der Waals surface area contributed by atoms with Crippen LogP contribution in [0.15, 0.2) is 5.38 Å². The molecule has 2 aliphatic heterocycles. The molecule has 0 N–H and O–H groups in total. The number of aryl methyl sites for hydroxylation is 1. The van der Waals surface area contributed by atoms with Crippen molar-refractivity contribution in [2.75, 3.05) is 5.88 Å². The topological polar surface area (TPSA) is 22.1 Å². The third-order valence-corrected chi connectivity index (χ3v) is 4.56. The molecule has 2 fully saturated rings. The first kappa shape index (κ1) is 10.1. The fraction of sp³-hybridized carbons (Fsp3) is 0.727. The second kappa shape index (κ2) is 4.04. The third kappa shape index (κ3) is 1.81. The summed E-state index contributed by atoms with van der Waals surface area (Å²) < 4.78 is 5.85. The summed E-state index contributed by atoms with van der Waals surface area (Å²) >= 11 is 7.48. The first-order valence-electron chi connectivity index (χ1n) is 5.52. The lowest BCUT2D eigenvalue weighted by Crippen LogP contribution is -2.14. The van der Waals surface area contributed by atoms with Crippen LogP contribution in [0.3, 0.4) is 0 Å². The van der Waals surface area contributed by atoms with Crippen molar-refractivity contribution in [2.45, 2.75) is 43.8 Å². The summed E-state index contributed by atoms with van der Waals surface area (Å²) in [6.45, 7) is 0. The second-order valence-corrected chi connectivity index (χ2v) is 5.60. The Hall–Kier alpha value is -0.120. The van der Waals surface area contributed by atoms with Crippen LogP contribution < -0.4 is 0 Å². The Morgan fingerprint density at radius 2 is 2.47 bits per heavy atom. The van der Waals surface area contributed by atoms with Crippen LogP contribution >= 0.6 is 22.9 Å². The Kier molecular flexibility index (Phi) is 2.71. The standard InChI is InChI=1S/C11H14ClNOS/c12-4-3-7-6-15-11(13-7)9-5-8-1-2-10(9)14-8/h6,8-10H,1-5H2. The zero-order valence-corrected chi connectivity index (χ0v) is 10.1. The van der Waals surface area contributed by atoms with Gasteiger partial charge >= 0.3 is 0 Å². The maximum Gasteiger partial charge on any atom is 0.0986 e. The van der Waals surface area contributed by atoms with Crippen molar-refractivity contribution >= 4 is 22.9 Å². The van der Waals surface area contributed by atoms with E-state index in [9.17, 15) is 0 Å². The van der Waals surface area contributed by atoms with E-state index < -0.39 is 0 Å². The summed E-state index contributed by atoms with van der Waals surface area (Å²) in [5, 5.41) is 3.41. The molecule has 2 nitrogen and oxygen atoms in total. The van der Waals surface area contributed by atoms with E-state index in [-0.39, 0.29) is 0 Å². The highest BCUT2D eigenvalue weighted by molar-refractivity contribution is 7.09. The molecule has 0 aromatic carbocycles. The number of nitrogens with zero attached hydrogens (tertiary/aromatic N) is 1. The molecule has 4 heteroatoms. The van der Waals surface area contributed by atoms with Gasteiger partial charge in [0.2, 0.25) is 0 Å². The molecule has 1 aromatic rings. The molecule has 1 aromatic heterocycles. The number of ether oxygens (including phenoxy) is 1. The van der Waals surface area contributed by atoms with Gasteiger partial charge in [0.05, 0.1) is 22.9 Å². The molecule has 2 saturated heterocycles. The number of aromatic nitrogens is 1. The summed E-state index contributed by atoms with van der Waals surface area (Å²) in [6, 6.07) is 0. The number of halogens is 1. The maximum absolute atomic E-state index is 5.85. The van der Waals surface area contributed by atoms with E-state index in [4.69, 9.17) is 16.3 Å². The van der Waals surface area contributed by atoms with Gasteiger partial charge in [0.15, 0.2) is 0 Å². The molecular formula is C11H14ClNOS. The molecule has 0 radical (unpaired) electrons. The van der Waals surface area contributed by atoms with Gasteiger partial charge < -0.3 is 4.74 Å². The number of fused-ring (bicyclic) bond motifs is 2. The Morgan fingerprint density at radius 1 is 1.53 bits per heavy atom. The normalized spacial score (nSPS) is 33.8. The highest BCUT2D eigenvalue weighted by Crippen LogP contribution is 2.45. The fourth-order valence-corrected chi connectivity index (χ4v) is 3.82. The Labute approximate surface area is 98.6 Å². The van der Waals surface area contributed by atoms with Gasteiger partial charge in [-0.25, -0.2) is 4.98 Å². The Morgan fingerprint density at radius 3 is 3.13 bits per heavy atom. The monoisotopic (exact) mass is 243 g/mol. The van der Waals surface area contributed by atoms with Crippen LogP contribution in [0.4, 0.5) is 0 Å². The third-order valence-electron chi connectivity index (χ3n) is 3.34. The zero-order valence-electron chi connectivity index (χ0n) is 8.49. The van der Waals surface area contributed by atoms with Gasteiger partial charge in [-0.15, -0.1) is 22.9 Å². The maximum atomic E-state index is 5.85.